The summed E-state index contributed by atoms with van der Waals surface area (Å²) in [5, 5.41) is 0.0473. The second-order valence-corrected chi connectivity index (χ2v) is 7.45. The molecular weight excluding hydrogens is 302 g/mol. The molecule has 0 amide bonds. The number of sulfonamides is 1. The van der Waals surface area contributed by atoms with Crippen molar-refractivity contribution in [2.75, 3.05) is 19.8 Å². The molecule has 1 aliphatic heterocycles. The van der Waals surface area contributed by atoms with Gasteiger partial charge in [-0.2, -0.15) is 4.31 Å². The third kappa shape index (κ3) is 2.95. The van der Waals surface area contributed by atoms with Gasteiger partial charge in [0.05, 0.1) is 19.0 Å². The van der Waals surface area contributed by atoms with E-state index in [2.05, 4.69) is 9.97 Å². The van der Waals surface area contributed by atoms with Crippen LogP contribution in [0.5, 0.6) is 0 Å². The van der Waals surface area contributed by atoms with Gasteiger partial charge >= 0.3 is 0 Å². The zero-order chi connectivity index (χ0) is 14.2. The van der Waals surface area contributed by atoms with E-state index in [0.717, 1.165) is 19.3 Å². The van der Waals surface area contributed by atoms with Crippen LogP contribution >= 0.6 is 11.6 Å². The summed E-state index contributed by atoms with van der Waals surface area (Å²) < 4.78 is 32.3. The molecule has 1 atom stereocenters. The van der Waals surface area contributed by atoms with Crippen LogP contribution < -0.4 is 0 Å². The van der Waals surface area contributed by atoms with Gasteiger partial charge in [-0.15, -0.1) is 0 Å². The minimum atomic E-state index is -3.55. The Kier molecular flexibility index (Phi) is 3.94. The van der Waals surface area contributed by atoms with Crippen molar-refractivity contribution in [2.24, 2.45) is 5.92 Å². The van der Waals surface area contributed by atoms with Crippen molar-refractivity contribution >= 4 is 21.6 Å². The van der Waals surface area contributed by atoms with Gasteiger partial charge in [-0.3, -0.25) is 0 Å². The second kappa shape index (κ2) is 5.55. The van der Waals surface area contributed by atoms with E-state index in [0.29, 0.717) is 19.8 Å². The molecule has 1 unspecified atom stereocenters. The van der Waals surface area contributed by atoms with E-state index in [1.165, 1.54) is 12.4 Å². The van der Waals surface area contributed by atoms with Crippen LogP contribution in [-0.4, -0.2) is 48.5 Å². The molecule has 1 aliphatic carbocycles. The predicted octanol–water partition coefficient (Wildman–Crippen LogP) is 1.32. The third-order valence-electron chi connectivity index (χ3n) is 3.62. The average molecular weight is 318 g/mol. The van der Waals surface area contributed by atoms with E-state index in [-0.39, 0.29) is 22.1 Å². The second-order valence-electron chi connectivity index (χ2n) is 5.22. The fourth-order valence-electron chi connectivity index (χ4n) is 2.36. The number of hydrogen-bond donors (Lipinski definition) is 0. The molecule has 0 N–H and O–H groups in total. The monoisotopic (exact) mass is 317 g/mol. The maximum atomic E-state index is 12.7. The molecule has 1 saturated carbocycles. The summed E-state index contributed by atoms with van der Waals surface area (Å²) in [5.41, 5.74) is 0. The van der Waals surface area contributed by atoms with Crippen molar-refractivity contribution in [3.8, 4) is 0 Å². The Balaban J connectivity index is 1.83. The van der Waals surface area contributed by atoms with Gasteiger partial charge in [-0.05, 0) is 36.8 Å². The summed E-state index contributed by atoms with van der Waals surface area (Å²) in [6.07, 6.45) is 5.29. The minimum Gasteiger partial charge on any atom is -0.381 e. The highest BCUT2D eigenvalue weighted by atomic mass is 35.5. The van der Waals surface area contributed by atoms with E-state index >= 15 is 0 Å². The molecule has 0 aromatic carbocycles. The first-order valence-corrected chi connectivity index (χ1v) is 8.46. The van der Waals surface area contributed by atoms with Gasteiger partial charge in [0.1, 0.15) is 4.90 Å². The van der Waals surface area contributed by atoms with Crippen LogP contribution in [0.4, 0.5) is 0 Å². The zero-order valence-corrected chi connectivity index (χ0v) is 12.5. The van der Waals surface area contributed by atoms with Crippen LogP contribution in [0.2, 0.25) is 5.28 Å². The number of nitrogens with zero attached hydrogens (tertiary/aromatic N) is 3. The third-order valence-corrected chi connectivity index (χ3v) is 5.69. The van der Waals surface area contributed by atoms with E-state index < -0.39 is 10.0 Å². The Hall–Kier alpha value is -0.760. The van der Waals surface area contributed by atoms with Crippen LogP contribution in [0.3, 0.4) is 0 Å². The molecule has 1 saturated heterocycles. The quantitative estimate of drug-likeness (QED) is 0.766. The van der Waals surface area contributed by atoms with Crippen molar-refractivity contribution in [3.63, 3.8) is 0 Å². The number of halogens is 1. The lowest BCUT2D eigenvalue weighted by molar-refractivity contribution is 0.180. The molecule has 8 heteroatoms. The first-order valence-electron chi connectivity index (χ1n) is 6.64. The Morgan fingerprint density at radius 3 is 2.55 bits per heavy atom. The van der Waals surface area contributed by atoms with Gasteiger partial charge in [0.2, 0.25) is 15.3 Å². The number of rotatable bonds is 5. The largest absolute Gasteiger partial charge is 0.381 e. The van der Waals surface area contributed by atoms with Gasteiger partial charge in [0.15, 0.2) is 0 Å². The summed E-state index contributed by atoms with van der Waals surface area (Å²) in [6, 6.07) is 0.108. The molecule has 2 heterocycles. The van der Waals surface area contributed by atoms with Crippen molar-refractivity contribution in [1.29, 1.82) is 0 Å². The predicted molar refractivity (Wildman–Crippen MR) is 72.9 cm³/mol. The average Bonchev–Trinajstić information content (AvgIpc) is 3.12. The van der Waals surface area contributed by atoms with E-state index in [1.54, 1.807) is 4.31 Å². The summed E-state index contributed by atoms with van der Waals surface area (Å²) >= 11 is 5.61. The SMILES string of the molecule is O=S(=O)(c1cnc(Cl)nc1)N(CC1CCOC1)C1CC1. The maximum absolute atomic E-state index is 12.7. The first kappa shape index (κ1) is 14.2. The molecule has 1 aromatic heterocycles. The summed E-state index contributed by atoms with van der Waals surface area (Å²) in [6.45, 7) is 1.86. The van der Waals surface area contributed by atoms with Crippen molar-refractivity contribution in [3.05, 3.63) is 17.7 Å². The van der Waals surface area contributed by atoms with E-state index in [4.69, 9.17) is 16.3 Å². The highest BCUT2D eigenvalue weighted by Crippen LogP contribution is 2.33. The van der Waals surface area contributed by atoms with Gasteiger partial charge < -0.3 is 4.74 Å². The minimum absolute atomic E-state index is 0.0473. The molecule has 20 heavy (non-hydrogen) atoms. The number of hydrogen-bond acceptors (Lipinski definition) is 5. The van der Waals surface area contributed by atoms with Crippen molar-refractivity contribution < 1.29 is 13.2 Å². The lowest BCUT2D eigenvalue weighted by Crippen LogP contribution is -2.37. The van der Waals surface area contributed by atoms with Gasteiger partial charge in [-0.25, -0.2) is 18.4 Å². The fourth-order valence-corrected chi connectivity index (χ4v) is 4.11. The van der Waals surface area contributed by atoms with Crippen LogP contribution in [0.25, 0.3) is 0 Å². The molecule has 0 spiro atoms. The van der Waals surface area contributed by atoms with Gasteiger partial charge in [0.25, 0.3) is 0 Å². The molecule has 0 bridgehead atoms. The fraction of sp³-hybridized carbons (Fsp3) is 0.667. The Labute approximate surface area is 123 Å². The van der Waals surface area contributed by atoms with Crippen LogP contribution in [0, 0.1) is 5.92 Å². The standard InChI is InChI=1S/C12H16ClN3O3S/c13-12-14-5-11(6-15-12)20(17,18)16(10-1-2-10)7-9-3-4-19-8-9/h5-6,9-10H,1-4,7-8H2. The Morgan fingerprint density at radius 1 is 1.30 bits per heavy atom. The molecule has 1 aromatic rings. The Morgan fingerprint density at radius 2 is 2.00 bits per heavy atom. The summed E-state index contributed by atoms with van der Waals surface area (Å²) in [5.74, 6) is 0.276. The Bertz CT molecular complexity index is 568. The van der Waals surface area contributed by atoms with Crippen LogP contribution in [-0.2, 0) is 14.8 Å². The number of aromatic nitrogens is 2. The van der Waals surface area contributed by atoms with E-state index in [1.807, 2.05) is 0 Å². The van der Waals surface area contributed by atoms with Crippen LogP contribution in [0.1, 0.15) is 19.3 Å². The van der Waals surface area contributed by atoms with Crippen LogP contribution in [0.15, 0.2) is 17.3 Å². The number of ether oxygens (including phenoxy) is 1. The lowest BCUT2D eigenvalue weighted by atomic mass is 10.1. The highest BCUT2D eigenvalue weighted by molar-refractivity contribution is 7.89. The highest BCUT2D eigenvalue weighted by Gasteiger charge is 2.40. The molecule has 3 rings (SSSR count). The first-order chi connectivity index (χ1) is 9.57. The smallest absolute Gasteiger partial charge is 0.246 e. The topological polar surface area (TPSA) is 72.4 Å². The summed E-state index contributed by atoms with van der Waals surface area (Å²) in [4.78, 5) is 7.63. The molecule has 2 fully saturated rings. The molecule has 0 radical (unpaired) electrons. The van der Waals surface area contributed by atoms with Gasteiger partial charge in [-0.1, -0.05) is 0 Å². The normalized spacial score (nSPS) is 23.4. The molecule has 6 nitrogen and oxygen atoms in total. The van der Waals surface area contributed by atoms with Crippen molar-refractivity contribution in [1.82, 2.24) is 14.3 Å². The summed E-state index contributed by atoms with van der Waals surface area (Å²) in [7, 11) is -3.55. The van der Waals surface area contributed by atoms with Crippen molar-refractivity contribution in [2.45, 2.75) is 30.2 Å². The molecule has 110 valence electrons. The molecular formula is C12H16ClN3O3S. The molecule has 2 aliphatic rings. The zero-order valence-electron chi connectivity index (χ0n) is 10.9. The van der Waals surface area contributed by atoms with E-state index in [9.17, 15) is 8.42 Å². The maximum Gasteiger partial charge on any atom is 0.246 e. The lowest BCUT2D eigenvalue weighted by Gasteiger charge is -2.24. The van der Waals surface area contributed by atoms with Gasteiger partial charge in [0, 0.05) is 19.2 Å².